The minimum absolute atomic E-state index is 0.419. The Balaban J connectivity index is 6.37. The summed E-state index contributed by atoms with van der Waals surface area (Å²) in [6.45, 7) is 14.8. The van der Waals surface area contributed by atoms with Crippen molar-refractivity contribution in [2.45, 2.75) is 150 Å². The molecule has 0 spiro atoms. The monoisotopic (exact) mass is 682 g/mol. The van der Waals surface area contributed by atoms with Crippen molar-refractivity contribution in [2.24, 2.45) is 0 Å². The molecule has 0 aromatic rings. The number of rotatable bonds is 24. The van der Waals surface area contributed by atoms with Crippen LogP contribution in [0.15, 0.2) is 9.85 Å². The van der Waals surface area contributed by atoms with Gasteiger partial charge in [0.1, 0.15) is 0 Å². The Kier molecular flexibility index (Phi) is 23.0. The number of hydrogen-bond donors (Lipinski definition) is 0. The van der Waals surface area contributed by atoms with Gasteiger partial charge >= 0.3 is 220 Å². The van der Waals surface area contributed by atoms with Gasteiger partial charge in [0.15, 0.2) is 0 Å². The molecule has 0 radical (unpaired) electrons. The first-order valence-corrected chi connectivity index (χ1v) is 30.4. The van der Waals surface area contributed by atoms with E-state index in [1.54, 1.807) is 33.7 Å². The zero-order valence-corrected chi connectivity index (χ0v) is 29.7. The molecule has 2 nitrogen and oxygen atoms in total. The second kappa shape index (κ2) is 22.3. The fourth-order valence-corrected chi connectivity index (χ4v) is 51.4. The zero-order valence-electron chi connectivity index (χ0n) is 24.0. The molecule has 0 fully saturated rings. The van der Waals surface area contributed by atoms with Crippen LogP contribution in [0.1, 0.15) is 119 Å². The number of hydrogen-bond acceptors (Lipinski definition) is 2. The molecule has 0 aliphatic rings. The van der Waals surface area contributed by atoms with Crippen LogP contribution in [0.3, 0.4) is 0 Å². The standard InChI is InChI=1S/C5H8O2.6C4H9.2Sn/c1-3-4-7-5-6-2;6*1-3-4-2;;/h4H,1,5H2,2H3;6*1,3-4H2,2H3;;. The first kappa shape index (κ1) is 34.1. The molecule has 0 bridgehead atoms. The van der Waals surface area contributed by atoms with Crippen molar-refractivity contribution in [1.29, 1.82) is 0 Å². The molecule has 4 heteroatoms. The van der Waals surface area contributed by atoms with Gasteiger partial charge in [0, 0.05) is 0 Å². The summed E-state index contributed by atoms with van der Waals surface area (Å²) in [6.07, 6.45) is 19.2. The maximum atomic E-state index is 6.15. The Bertz CT molecular complexity index is 421. The first-order valence-electron chi connectivity index (χ1n) is 14.8. The van der Waals surface area contributed by atoms with Gasteiger partial charge in [-0.3, -0.25) is 0 Å². The summed E-state index contributed by atoms with van der Waals surface area (Å²) in [7, 11) is 1.77. The fourth-order valence-electron chi connectivity index (χ4n) is 5.66. The number of allylic oxidation sites excluding steroid dienone is 1. The summed E-state index contributed by atoms with van der Waals surface area (Å²) >= 11 is -4.78. The third-order valence-electron chi connectivity index (χ3n) is 7.87. The van der Waals surface area contributed by atoms with E-state index in [1.807, 2.05) is 3.59 Å². The molecule has 33 heavy (non-hydrogen) atoms. The third-order valence-corrected chi connectivity index (χ3v) is 42.0. The average Bonchev–Trinajstić information content (AvgIpc) is 2.84. The fraction of sp³-hybridized carbons (Fsp3) is 0.931. The topological polar surface area (TPSA) is 18.5 Å². The molecular weight excluding hydrogens is 618 g/mol. The molecule has 0 aromatic carbocycles. The van der Waals surface area contributed by atoms with Crippen molar-refractivity contribution in [3.05, 3.63) is 9.85 Å². The van der Waals surface area contributed by atoms with Crippen molar-refractivity contribution in [3.63, 3.8) is 0 Å². The molecule has 0 atom stereocenters. The molecule has 0 N–H and O–H groups in total. The summed E-state index contributed by atoms with van der Waals surface area (Å²) in [5, 5.41) is 0. The Morgan fingerprint density at radius 3 is 1.27 bits per heavy atom. The number of ether oxygens (including phenoxy) is 2. The molecule has 0 rings (SSSR count). The Hall–Kier alpha value is 1.10. The molecule has 0 aliphatic heterocycles. The van der Waals surface area contributed by atoms with Crippen LogP contribution in [0.25, 0.3) is 0 Å². The van der Waals surface area contributed by atoms with Gasteiger partial charge in [-0.1, -0.05) is 0 Å². The minimum atomic E-state index is -2.50. The van der Waals surface area contributed by atoms with Crippen LogP contribution >= 0.6 is 0 Å². The van der Waals surface area contributed by atoms with E-state index in [0.717, 1.165) is 0 Å². The molecule has 0 amide bonds. The molecule has 0 unspecified atom stereocenters. The summed E-state index contributed by atoms with van der Waals surface area (Å²) in [5.41, 5.74) is 0. The van der Waals surface area contributed by atoms with Crippen LogP contribution in [-0.2, 0) is 9.47 Å². The predicted molar refractivity (Wildman–Crippen MR) is 156 cm³/mol. The van der Waals surface area contributed by atoms with E-state index in [2.05, 4.69) is 47.8 Å². The quantitative estimate of drug-likeness (QED) is 0.0437. The molecule has 0 aliphatic carbocycles. The number of methoxy groups -OCH3 is 1. The van der Waals surface area contributed by atoms with Crippen LogP contribution in [0.2, 0.25) is 31.1 Å². The Morgan fingerprint density at radius 1 is 0.576 bits per heavy atom. The number of unbranched alkanes of at least 4 members (excludes halogenated alkanes) is 6. The normalized spacial score (nSPS) is 13.0. The van der Waals surface area contributed by atoms with E-state index >= 15 is 0 Å². The molecule has 0 saturated heterocycles. The van der Waals surface area contributed by atoms with Crippen LogP contribution in [0.5, 0.6) is 0 Å². The van der Waals surface area contributed by atoms with Crippen LogP contribution in [-0.4, -0.2) is 50.7 Å². The van der Waals surface area contributed by atoms with Gasteiger partial charge in [-0.15, -0.1) is 0 Å². The van der Waals surface area contributed by atoms with Gasteiger partial charge in [-0.2, -0.15) is 0 Å². The van der Waals surface area contributed by atoms with E-state index in [1.165, 1.54) is 81.5 Å². The van der Waals surface area contributed by atoms with Gasteiger partial charge in [-0.05, 0) is 0 Å². The van der Waals surface area contributed by atoms with E-state index < -0.39 is 36.8 Å². The van der Waals surface area contributed by atoms with E-state index in [0.29, 0.717) is 6.79 Å². The Labute approximate surface area is 218 Å². The second-order valence-corrected chi connectivity index (χ2v) is 38.1. The van der Waals surface area contributed by atoms with Crippen molar-refractivity contribution in [2.75, 3.05) is 13.9 Å². The molecule has 0 saturated carbocycles. The zero-order chi connectivity index (χ0) is 24.8. The third kappa shape index (κ3) is 14.4. The second-order valence-electron chi connectivity index (χ2n) is 10.8. The summed E-state index contributed by atoms with van der Waals surface area (Å²) in [5.74, 6) is 0. The Morgan fingerprint density at radius 2 is 0.939 bits per heavy atom. The van der Waals surface area contributed by atoms with Crippen LogP contribution in [0, 0.1) is 0 Å². The summed E-state index contributed by atoms with van der Waals surface area (Å²) < 4.78 is 24.5. The summed E-state index contributed by atoms with van der Waals surface area (Å²) in [6, 6.07) is 0. The predicted octanol–water partition coefficient (Wildman–Crippen LogP) is 10.7. The van der Waals surface area contributed by atoms with Gasteiger partial charge < -0.3 is 0 Å². The van der Waals surface area contributed by atoms with E-state index in [4.69, 9.17) is 9.47 Å². The van der Waals surface area contributed by atoms with Gasteiger partial charge in [0.05, 0.1) is 0 Å². The molecule has 0 heterocycles. The van der Waals surface area contributed by atoms with Crippen molar-refractivity contribution in [3.8, 4) is 0 Å². The van der Waals surface area contributed by atoms with Crippen LogP contribution < -0.4 is 0 Å². The molecule has 0 aromatic heterocycles. The SMILES string of the molecule is CCC[CH2][Sn]([CH2]CCC)([CH2]CCC)[CH2]/[C](=C/OCOC)[Sn]([CH2]CCC)([CH2]CCC)[CH2]CCC. The van der Waals surface area contributed by atoms with Crippen molar-refractivity contribution < 1.29 is 9.47 Å². The van der Waals surface area contributed by atoms with Gasteiger partial charge in [0.2, 0.25) is 0 Å². The van der Waals surface area contributed by atoms with Gasteiger partial charge in [0.25, 0.3) is 0 Å². The van der Waals surface area contributed by atoms with Crippen molar-refractivity contribution in [1.82, 2.24) is 0 Å². The van der Waals surface area contributed by atoms with E-state index in [-0.39, 0.29) is 0 Å². The summed E-state index contributed by atoms with van der Waals surface area (Å²) in [4.78, 5) is 0. The first-order chi connectivity index (χ1) is 16.0. The van der Waals surface area contributed by atoms with Crippen LogP contribution in [0.4, 0.5) is 0 Å². The molecule has 198 valence electrons. The van der Waals surface area contributed by atoms with E-state index in [9.17, 15) is 0 Å². The average molecular weight is 680 g/mol. The van der Waals surface area contributed by atoms with Gasteiger partial charge in [-0.25, -0.2) is 0 Å². The maximum absolute atomic E-state index is 6.15. The van der Waals surface area contributed by atoms with Crippen molar-refractivity contribution >= 4 is 36.8 Å². The molecular formula is C29H62O2Sn2.